The molecule has 4 rings (SSSR count). The van der Waals surface area contributed by atoms with Gasteiger partial charge in [-0.1, -0.05) is 12.1 Å². The number of ether oxygens (including phenoxy) is 1. The van der Waals surface area contributed by atoms with Crippen LogP contribution < -0.4 is 26.1 Å². The van der Waals surface area contributed by atoms with E-state index in [4.69, 9.17) is 9.15 Å². The molecule has 0 aliphatic rings. The van der Waals surface area contributed by atoms with E-state index in [9.17, 15) is 4.79 Å². The lowest BCUT2D eigenvalue weighted by Crippen LogP contribution is -2.10. The van der Waals surface area contributed by atoms with Crippen LogP contribution in [0.1, 0.15) is 25.2 Å². The van der Waals surface area contributed by atoms with E-state index in [-0.39, 0.29) is 24.3 Å². The standard InChI is InChI=1S/C25H26N8O3.ClH/c1-16(18-6-8-19(9-7-18)27-17(2)34)32-33-25-30-23(26-15-22-5-4-14-36-22)29-24(31-25)28-20-10-12-21(35-3)13-11-20;/h4-14H,15H2,1-3H3,(H,27,34)(H3,26,28,29,30,31,33);1H. The van der Waals surface area contributed by atoms with Crippen LogP contribution in [0, 0.1) is 0 Å². The summed E-state index contributed by atoms with van der Waals surface area (Å²) in [6.07, 6.45) is 1.61. The molecule has 11 nitrogen and oxygen atoms in total. The second-order valence-electron chi connectivity index (χ2n) is 7.66. The molecule has 0 aliphatic carbocycles. The lowest BCUT2D eigenvalue weighted by Gasteiger charge is -2.10. The van der Waals surface area contributed by atoms with E-state index < -0.39 is 0 Å². The summed E-state index contributed by atoms with van der Waals surface area (Å²) in [5.74, 6) is 2.28. The van der Waals surface area contributed by atoms with Gasteiger partial charge in [-0.15, -0.1) is 12.4 Å². The van der Waals surface area contributed by atoms with Crippen molar-refractivity contribution in [2.45, 2.75) is 20.4 Å². The van der Waals surface area contributed by atoms with Gasteiger partial charge in [-0.25, -0.2) is 5.43 Å². The molecule has 2 aromatic heterocycles. The monoisotopic (exact) mass is 522 g/mol. The van der Waals surface area contributed by atoms with Crippen LogP contribution in [0.25, 0.3) is 0 Å². The minimum absolute atomic E-state index is 0. The number of hydrogen-bond donors (Lipinski definition) is 4. The van der Waals surface area contributed by atoms with Crippen LogP contribution in [-0.4, -0.2) is 33.7 Å². The molecule has 4 aromatic rings. The first-order valence-corrected chi connectivity index (χ1v) is 11.1. The summed E-state index contributed by atoms with van der Waals surface area (Å²) < 4.78 is 10.6. The fraction of sp³-hybridized carbons (Fsp3) is 0.160. The normalized spacial score (nSPS) is 10.7. The number of carbonyl (C=O) groups excluding carboxylic acids is 1. The van der Waals surface area contributed by atoms with E-state index in [1.165, 1.54) is 6.92 Å². The molecule has 0 bridgehead atoms. The highest BCUT2D eigenvalue weighted by molar-refractivity contribution is 5.99. The molecule has 0 atom stereocenters. The van der Waals surface area contributed by atoms with E-state index in [2.05, 4.69) is 41.4 Å². The minimum Gasteiger partial charge on any atom is -0.497 e. The van der Waals surface area contributed by atoms with Crippen LogP contribution in [0.3, 0.4) is 0 Å². The molecule has 37 heavy (non-hydrogen) atoms. The number of halogens is 1. The highest BCUT2D eigenvalue weighted by Crippen LogP contribution is 2.20. The van der Waals surface area contributed by atoms with Crippen LogP contribution in [0.4, 0.5) is 29.2 Å². The average molecular weight is 523 g/mol. The Kier molecular flexibility index (Phi) is 9.39. The van der Waals surface area contributed by atoms with Gasteiger partial charge in [0.2, 0.25) is 23.8 Å². The molecule has 0 fully saturated rings. The maximum atomic E-state index is 11.2. The third-order valence-electron chi connectivity index (χ3n) is 4.93. The molecular weight excluding hydrogens is 496 g/mol. The van der Waals surface area contributed by atoms with Crippen molar-refractivity contribution in [3.05, 3.63) is 78.3 Å². The van der Waals surface area contributed by atoms with Crippen molar-refractivity contribution in [3.63, 3.8) is 0 Å². The summed E-state index contributed by atoms with van der Waals surface area (Å²) in [5.41, 5.74) is 5.98. The Morgan fingerprint density at radius 3 is 2.24 bits per heavy atom. The van der Waals surface area contributed by atoms with Crippen molar-refractivity contribution in [2.75, 3.05) is 28.5 Å². The molecule has 192 valence electrons. The van der Waals surface area contributed by atoms with Gasteiger partial charge in [-0.05, 0) is 61.0 Å². The Bertz CT molecular complexity index is 1330. The number of aromatic nitrogens is 3. The number of nitrogens with zero attached hydrogens (tertiary/aromatic N) is 4. The Morgan fingerprint density at radius 2 is 1.59 bits per heavy atom. The molecule has 0 radical (unpaired) electrons. The van der Waals surface area contributed by atoms with Crippen LogP contribution >= 0.6 is 12.4 Å². The first-order chi connectivity index (χ1) is 17.5. The molecule has 0 aliphatic heterocycles. The van der Waals surface area contributed by atoms with Crippen molar-refractivity contribution in [3.8, 4) is 5.75 Å². The van der Waals surface area contributed by atoms with Gasteiger partial charge in [0.05, 0.1) is 25.6 Å². The Morgan fingerprint density at radius 1 is 0.919 bits per heavy atom. The van der Waals surface area contributed by atoms with Gasteiger partial charge >= 0.3 is 0 Å². The lowest BCUT2D eigenvalue weighted by atomic mass is 10.1. The highest BCUT2D eigenvalue weighted by atomic mass is 35.5. The Balaban J connectivity index is 0.00000380. The predicted octanol–water partition coefficient (Wildman–Crippen LogP) is 5.05. The molecule has 12 heteroatoms. The van der Waals surface area contributed by atoms with Gasteiger partial charge in [0.15, 0.2) is 0 Å². The molecule has 0 saturated heterocycles. The second kappa shape index (κ2) is 12.9. The third-order valence-corrected chi connectivity index (χ3v) is 4.93. The number of hydrogen-bond acceptors (Lipinski definition) is 10. The van der Waals surface area contributed by atoms with Gasteiger partial charge in [0.25, 0.3) is 0 Å². The van der Waals surface area contributed by atoms with Crippen LogP contribution in [-0.2, 0) is 11.3 Å². The molecule has 4 N–H and O–H groups in total. The first-order valence-electron chi connectivity index (χ1n) is 11.1. The lowest BCUT2D eigenvalue weighted by molar-refractivity contribution is -0.114. The van der Waals surface area contributed by atoms with E-state index >= 15 is 0 Å². The number of rotatable bonds is 10. The molecule has 1 amide bonds. The van der Waals surface area contributed by atoms with Gasteiger partial charge in [-0.3, -0.25) is 4.79 Å². The predicted molar refractivity (Wildman–Crippen MR) is 146 cm³/mol. The number of methoxy groups -OCH3 is 1. The van der Waals surface area contributed by atoms with E-state index in [0.717, 1.165) is 22.8 Å². The van der Waals surface area contributed by atoms with Crippen molar-refractivity contribution >= 4 is 53.2 Å². The maximum absolute atomic E-state index is 11.2. The maximum Gasteiger partial charge on any atom is 0.250 e. The van der Waals surface area contributed by atoms with Gasteiger partial charge < -0.3 is 25.1 Å². The van der Waals surface area contributed by atoms with Crippen molar-refractivity contribution in [2.24, 2.45) is 5.10 Å². The number of amides is 1. The Labute approximate surface area is 220 Å². The summed E-state index contributed by atoms with van der Waals surface area (Å²) in [5, 5.41) is 13.5. The number of carbonyl (C=O) groups is 1. The van der Waals surface area contributed by atoms with E-state index in [1.807, 2.05) is 67.6 Å². The molecular formula is C25H27ClN8O3. The Hall–Kier alpha value is -4.64. The van der Waals surface area contributed by atoms with Crippen LogP contribution in [0.5, 0.6) is 5.75 Å². The van der Waals surface area contributed by atoms with Gasteiger partial charge in [-0.2, -0.15) is 20.1 Å². The summed E-state index contributed by atoms with van der Waals surface area (Å²) in [6.45, 7) is 3.73. The number of benzene rings is 2. The zero-order valence-corrected chi connectivity index (χ0v) is 21.3. The molecule has 0 unspecified atom stereocenters. The molecule has 2 heterocycles. The first kappa shape index (κ1) is 27.0. The molecule has 2 aromatic carbocycles. The van der Waals surface area contributed by atoms with E-state index in [0.29, 0.717) is 29.8 Å². The van der Waals surface area contributed by atoms with E-state index in [1.54, 1.807) is 13.4 Å². The van der Waals surface area contributed by atoms with Gasteiger partial charge in [0, 0.05) is 18.3 Å². The number of furan rings is 1. The van der Waals surface area contributed by atoms with Gasteiger partial charge in [0.1, 0.15) is 11.5 Å². The van der Waals surface area contributed by atoms with Crippen LogP contribution in [0.2, 0.25) is 0 Å². The molecule has 0 saturated carbocycles. The zero-order valence-electron chi connectivity index (χ0n) is 20.5. The topological polar surface area (TPSA) is 139 Å². The quantitative estimate of drug-likeness (QED) is 0.166. The number of anilines is 5. The minimum atomic E-state index is -0.125. The molecule has 0 spiro atoms. The average Bonchev–Trinajstić information content (AvgIpc) is 3.40. The fourth-order valence-electron chi connectivity index (χ4n) is 3.14. The number of hydrazone groups is 1. The van der Waals surface area contributed by atoms with Crippen molar-refractivity contribution in [1.29, 1.82) is 0 Å². The summed E-state index contributed by atoms with van der Waals surface area (Å²) >= 11 is 0. The largest absolute Gasteiger partial charge is 0.497 e. The fourth-order valence-corrected chi connectivity index (χ4v) is 3.14. The zero-order chi connectivity index (χ0) is 25.3. The summed E-state index contributed by atoms with van der Waals surface area (Å²) in [4.78, 5) is 24.5. The summed E-state index contributed by atoms with van der Waals surface area (Å²) in [7, 11) is 1.61. The van der Waals surface area contributed by atoms with Crippen molar-refractivity contribution < 1.29 is 13.9 Å². The smallest absolute Gasteiger partial charge is 0.250 e. The second-order valence-corrected chi connectivity index (χ2v) is 7.66. The summed E-state index contributed by atoms with van der Waals surface area (Å²) in [6, 6.07) is 18.4. The third kappa shape index (κ3) is 7.94. The highest BCUT2D eigenvalue weighted by Gasteiger charge is 2.09. The van der Waals surface area contributed by atoms with Crippen LogP contribution in [0.15, 0.2) is 76.4 Å². The van der Waals surface area contributed by atoms with Crippen molar-refractivity contribution in [1.82, 2.24) is 15.0 Å². The number of nitrogens with one attached hydrogen (secondary N) is 4. The SMILES string of the molecule is COc1ccc(Nc2nc(NCc3ccco3)nc(NN=C(C)c3ccc(NC(C)=O)cc3)n2)cc1.Cl.